The molecule has 10 nitrogen and oxygen atoms in total. The van der Waals surface area contributed by atoms with Crippen LogP contribution in [-0.2, 0) is 4.79 Å². The highest BCUT2D eigenvalue weighted by molar-refractivity contribution is 5.96. The van der Waals surface area contributed by atoms with E-state index >= 15 is 8.78 Å². The number of benzene rings is 1. The van der Waals surface area contributed by atoms with E-state index in [1.807, 2.05) is 29.2 Å². The second-order valence-electron chi connectivity index (χ2n) is 14.3. The fourth-order valence-corrected chi connectivity index (χ4v) is 8.34. The number of pyridine rings is 2. The number of alkyl halides is 1. The Labute approximate surface area is 300 Å². The number of ether oxygens (including phenoxy) is 1. The monoisotopic (exact) mass is 708 g/mol. The lowest BCUT2D eigenvalue weighted by Crippen LogP contribution is -2.55. The number of carbonyl (C=O) groups excluding carboxylic acids is 1. The van der Waals surface area contributed by atoms with Crippen LogP contribution in [0.5, 0.6) is 6.01 Å². The fourth-order valence-electron chi connectivity index (χ4n) is 8.34. The van der Waals surface area contributed by atoms with Gasteiger partial charge >= 0.3 is 6.01 Å². The molecule has 52 heavy (non-hydrogen) atoms. The maximum absolute atomic E-state index is 16.9. The summed E-state index contributed by atoms with van der Waals surface area (Å²) in [6.45, 7) is 1.72. The third kappa shape index (κ3) is 6.34. The minimum atomic E-state index is -0.984. The Bertz CT molecular complexity index is 2050. The summed E-state index contributed by atoms with van der Waals surface area (Å²) in [6.07, 6.45) is 8.42. The van der Waals surface area contributed by atoms with Gasteiger partial charge in [0.1, 0.15) is 29.8 Å². The van der Waals surface area contributed by atoms with Crippen LogP contribution < -0.4 is 9.64 Å². The molecule has 1 aliphatic carbocycles. The van der Waals surface area contributed by atoms with Crippen LogP contribution in [0.2, 0.25) is 0 Å². The molecule has 1 saturated carbocycles. The van der Waals surface area contributed by atoms with Crippen LogP contribution in [-0.4, -0.2) is 92.7 Å². The van der Waals surface area contributed by atoms with E-state index in [9.17, 15) is 14.4 Å². The fraction of sp³-hybridized carbons (Fsp3) is 0.436. The van der Waals surface area contributed by atoms with Crippen LogP contribution in [0, 0.1) is 17.1 Å². The average molecular weight is 709 g/mol. The second-order valence-corrected chi connectivity index (χ2v) is 14.3. The number of aromatic nitrogens is 4. The molecular weight excluding hydrogens is 669 g/mol. The Balaban J connectivity index is 1.15. The van der Waals surface area contributed by atoms with E-state index in [1.165, 1.54) is 11.1 Å². The molecular formula is C39H39F3N8O2. The lowest BCUT2D eigenvalue weighted by Gasteiger charge is -2.41. The van der Waals surface area contributed by atoms with Crippen molar-refractivity contribution >= 4 is 28.7 Å². The molecule has 0 unspecified atom stereocenters. The van der Waals surface area contributed by atoms with Gasteiger partial charge in [0.2, 0.25) is 0 Å². The summed E-state index contributed by atoms with van der Waals surface area (Å²) in [5.41, 5.74) is 1.82. The van der Waals surface area contributed by atoms with Crippen molar-refractivity contribution in [3.63, 3.8) is 0 Å². The molecule has 8 rings (SSSR count). The molecule has 3 aliphatic heterocycles. The molecule has 1 amide bonds. The van der Waals surface area contributed by atoms with E-state index in [4.69, 9.17) is 9.72 Å². The molecule has 13 heteroatoms. The van der Waals surface area contributed by atoms with Crippen LogP contribution in [0.4, 0.5) is 19.0 Å². The lowest BCUT2D eigenvalue weighted by atomic mass is 9.77. The van der Waals surface area contributed by atoms with Gasteiger partial charge in [-0.2, -0.15) is 15.2 Å². The number of carbonyl (C=O) groups is 1. The quantitative estimate of drug-likeness (QED) is 0.183. The molecule has 3 aromatic heterocycles. The van der Waals surface area contributed by atoms with Crippen molar-refractivity contribution in [3.8, 4) is 23.3 Å². The third-order valence-electron chi connectivity index (χ3n) is 11.2. The molecule has 4 aromatic rings. The summed E-state index contributed by atoms with van der Waals surface area (Å²) in [5, 5.41) is 10.1. The Kier molecular flexibility index (Phi) is 9.25. The van der Waals surface area contributed by atoms with Gasteiger partial charge in [-0.1, -0.05) is 36.8 Å². The summed E-state index contributed by atoms with van der Waals surface area (Å²) in [5.74, 6) is -1.76. The number of hydrogen-bond donors (Lipinski definition) is 0. The number of nitriles is 1. The minimum absolute atomic E-state index is 0.0312. The number of rotatable bonds is 9. The van der Waals surface area contributed by atoms with Crippen molar-refractivity contribution in [2.75, 3.05) is 44.2 Å². The van der Waals surface area contributed by atoms with Crippen LogP contribution in [0.25, 0.3) is 28.2 Å². The number of hydrogen-bond acceptors (Lipinski definition) is 9. The number of anilines is 1. The standard InChI is InChI=1S/C39H39F3N8O2/c40-26-20-39(13-6-16-49(39)22-26)24-52-38-46-35-31(21-45-34(33(35)42)30-11-2-1-10-29(30)25-7-5-8-25)36(47-38)48-17-18-50(28(23-48)12-14-43)37(51)32(41)19-27-9-3-4-15-44-27/h1-4,9-11,15,19,21,25-26,28H,5-8,12-13,16-18,20,22-24H2/b32-19-/t26-,28+,39+/m1/s1. The van der Waals surface area contributed by atoms with Crippen LogP contribution >= 0.6 is 0 Å². The zero-order valence-electron chi connectivity index (χ0n) is 28.7. The maximum Gasteiger partial charge on any atom is 0.319 e. The number of amides is 1. The SMILES string of the molecule is N#CC[C@H]1CN(c2nc(OC[C@@]34CCCN3C[C@H](F)C4)nc3c(F)c(-c4ccccc4C4CCC4)ncc23)CCN1C(=O)/C(F)=C/c1ccccn1. The van der Waals surface area contributed by atoms with Gasteiger partial charge in [0, 0.05) is 56.6 Å². The summed E-state index contributed by atoms with van der Waals surface area (Å²) in [6, 6.07) is 14.1. The molecule has 1 aromatic carbocycles. The number of fused-ring (bicyclic) bond motifs is 2. The molecule has 268 valence electrons. The van der Waals surface area contributed by atoms with E-state index in [-0.39, 0.29) is 49.9 Å². The van der Waals surface area contributed by atoms with Gasteiger partial charge in [-0.3, -0.25) is 19.7 Å². The van der Waals surface area contributed by atoms with E-state index in [1.54, 1.807) is 24.4 Å². The number of halogens is 3. The maximum atomic E-state index is 16.9. The summed E-state index contributed by atoms with van der Waals surface area (Å²) >= 11 is 0. The molecule has 3 atom stereocenters. The van der Waals surface area contributed by atoms with Crippen molar-refractivity contribution in [2.24, 2.45) is 0 Å². The first kappa shape index (κ1) is 34.0. The van der Waals surface area contributed by atoms with Crippen LogP contribution in [0.1, 0.15) is 62.1 Å². The van der Waals surface area contributed by atoms with E-state index in [0.29, 0.717) is 35.8 Å². The highest BCUT2D eigenvalue weighted by Gasteiger charge is 2.49. The van der Waals surface area contributed by atoms with Gasteiger partial charge in [0.15, 0.2) is 11.6 Å². The molecule has 0 radical (unpaired) electrons. The van der Waals surface area contributed by atoms with Gasteiger partial charge in [0.05, 0.1) is 35.2 Å². The predicted molar refractivity (Wildman–Crippen MR) is 189 cm³/mol. The molecule has 0 spiro atoms. The highest BCUT2D eigenvalue weighted by atomic mass is 19.1. The van der Waals surface area contributed by atoms with E-state index < -0.39 is 35.3 Å². The Morgan fingerprint density at radius 2 is 1.90 bits per heavy atom. The predicted octanol–water partition coefficient (Wildman–Crippen LogP) is 6.39. The third-order valence-corrected chi connectivity index (χ3v) is 11.2. The van der Waals surface area contributed by atoms with Gasteiger partial charge in [-0.25, -0.2) is 13.2 Å². The van der Waals surface area contributed by atoms with E-state index in [0.717, 1.165) is 55.9 Å². The zero-order valence-corrected chi connectivity index (χ0v) is 28.7. The minimum Gasteiger partial charge on any atom is -0.461 e. The van der Waals surface area contributed by atoms with Crippen molar-refractivity contribution in [1.29, 1.82) is 5.26 Å². The average Bonchev–Trinajstić information content (AvgIpc) is 3.66. The molecule has 6 heterocycles. The molecule has 3 saturated heterocycles. The van der Waals surface area contributed by atoms with Crippen molar-refractivity contribution in [3.05, 3.63) is 77.8 Å². The van der Waals surface area contributed by atoms with Gasteiger partial charge in [0.25, 0.3) is 5.91 Å². The molecule has 4 fully saturated rings. The largest absolute Gasteiger partial charge is 0.461 e. The zero-order chi connectivity index (χ0) is 35.8. The Hall–Kier alpha value is -5.09. The topological polar surface area (TPSA) is 111 Å². The van der Waals surface area contributed by atoms with Crippen molar-refractivity contribution in [2.45, 2.75) is 68.6 Å². The molecule has 0 bridgehead atoms. The Morgan fingerprint density at radius 1 is 1.06 bits per heavy atom. The summed E-state index contributed by atoms with van der Waals surface area (Å²) < 4.78 is 52.9. The van der Waals surface area contributed by atoms with Gasteiger partial charge in [-0.15, -0.1) is 0 Å². The normalized spacial score (nSPS) is 23.8. The second kappa shape index (κ2) is 14.1. The highest BCUT2D eigenvalue weighted by Crippen LogP contribution is 2.43. The van der Waals surface area contributed by atoms with Crippen molar-refractivity contribution in [1.82, 2.24) is 29.7 Å². The smallest absolute Gasteiger partial charge is 0.319 e. The first-order valence-electron chi connectivity index (χ1n) is 18.0. The molecule has 4 aliphatic rings. The first-order valence-corrected chi connectivity index (χ1v) is 18.0. The number of nitrogens with zero attached hydrogens (tertiary/aromatic N) is 8. The Morgan fingerprint density at radius 3 is 2.69 bits per heavy atom. The van der Waals surface area contributed by atoms with E-state index in [2.05, 4.69) is 25.9 Å². The van der Waals surface area contributed by atoms with Crippen LogP contribution in [0.3, 0.4) is 0 Å². The summed E-state index contributed by atoms with van der Waals surface area (Å²) in [7, 11) is 0. The number of piperazine rings is 1. The molecule has 0 N–H and O–H groups in total. The van der Waals surface area contributed by atoms with Gasteiger partial charge in [-0.05, 0) is 55.8 Å². The summed E-state index contributed by atoms with van der Waals surface area (Å²) in [4.78, 5) is 36.8. The lowest BCUT2D eigenvalue weighted by molar-refractivity contribution is -0.131. The van der Waals surface area contributed by atoms with Crippen LogP contribution in [0.15, 0.2) is 60.7 Å². The van der Waals surface area contributed by atoms with Crippen molar-refractivity contribution < 1.29 is 22.7 Å². The van der Waals surface area contributed by atoms with Gasteiger partial charge < -0.3 is 14.5 Å². The first-order chi connectivity index (χ1) is 25.3.